The number of ether oxygens (including phenoxy) is 2. The first-order valence-electron chi connectivity index (χ1n) is 4.06. The van der Waals surface area contributed by atoms with Crippen LogP contribution in [0, 0.1) is 0 Å². The molecule has 0 radical (unpaired) electrons. The van der Waals surface area contributed by atoms with Crippen molar-refractivity contribution in [1.82, 2.24) is 0 Å². The first kappa shape index (κ1) is 11.3. The quantitative estimate of drug-likeness (QED) is 0.343. The van der Waals surface area contributed by atoms with Crippen LogP contribution in [0.15, 0.2) is 4.99 Å². The molecule has 0 aromatic rings. The van der Waals surface area contributed by atoms with Crippen molar-refractivity contribution >= 4 is 6.08 Å². The monoisotopic (exact) mass is 173 g/mol. The minimum atomic E-state index is -0.429. The number of hydrogen-bond donors (Lipinski definition) is 0. The van der Waals surface area contributed by atoms with E-state index in [1.54, 1.807) is 6.92 Å². The Morgan fingerprint density at radius 1 is 1.33 bits per heavy atom. The highest BCUT2D eigenvalue weighted by Gasteiger charge is 2.15. The van der Waals surface area contributed by atoms with E-state index in [4.69, 9.17) is 9.47 Å². The van der Waals surface area contributed by atoms with E-state index in [2.05, 4.69) is 4.99 Å². The summed E-state index contributed by atoms with van der Waals surface area (Å²) in [6.45, 7) is 6.57. The van der Waals surface area contributed by atoms with Crippen molar-refractivity contribution in [1.29, 1.82) is 0 Å². The van der Waals surface area contributed by atoms with Gasteiger partial charge in [-0.15, -0.1) is 0 Å². The first-order valence-corrected chi connectivity index (χ1v) is 4.06. The van der Waals surface area contributed by atoms with Crippen LogP contribution < -0.4 is 0 Å². The maximum absolute atomic E-state index is 9.93. The van der Waals surface area contributed by atoms with Gasteiger partial charge in [-0.1, -0.05) is 0 Å². The molecule has 0 saturated heterocycles. The minimum Gasteiger partial charge on any atom is -0.351 e. The second kappa shape index (κ2) is 6.98. The second-order valence-electron chi connectivity index (χ2n) is 2.24. The summed E-state index contributed by atoms with van der Waals surface area (Å²) in [4.78, 5) is 13.4. The van der Waals surface area contributed by atoms with Gasteiger partial charge in [0.05, 0.1) is 0 Å². The molecule has 0 aliphatic carbocycles. The number of carbonyl (C=O) groups excluding carboxylic acids is 1. The van der Waals surface area contributed by atoms with Gasteiger partial charge < -0.3 is 9.47 Å². The van der Waals surface area contributed by atoms with Crippen molar-refractivity contribution in [3.05, 3.63) is 0 Å². The maximum atomic E-state index is 9.93. The van der Waals surface area contributed by atoms with Crippen molar-refractivity contribution in [2.45, 2.75) is 33.1 Å². The zero-order valence-corrected chi connectivity index (χ0v) is 7.74. The van der Waals surface area contributed by atoms with Gasteiger partial charge in [0.1, 0.15) is 6.04 Å². The topological polar surface area (TPSA) is 47.9 Å². The van der Waals surface area contributed by atoms with E-state index in [9.17, 15) is 4.79 Å². The summed E-state index contributed by atoms with van der Waals surface area (Å²) in [6, 6.07) is -0.289. The van der Waals surface area contributed by atoms with E-state index >= 15 is 0 Å². The molecule has 0 aliphatic heterocycles. The molecule has 0 bridgehead atoms. The zero-order chi connectivity index (χ0) is 9.40. The van der Waals surface area contributed by atoms with Crippen LogP contribution in [0.2, 0.25) is 0 Å². The highest BCUT2D eigenvalue weighted by molar-refractivity contribution is 5.33. The van der Waals surface area contributed by atoms with Crippen LogP contribution in [0.1, 0.15) is 20.8 Å². The van der Waals surface area contributed by atoms with Crippen LogP contribution in [0.5, 0.6) is 0 Å². The molecule has 0 N–H and O–H groups in total. The molecule has 0 heterocycles. The summed E-state index contributed by atoms with van der Waals surface area (Å²) in [5, 5.41) is 0. The van der Waals surface area contributed by atoms with Crippen molar-refractivity contribution in [2.24, 2.45) is 4.99 Å². The maximum Gasteiger partial charge on any atom is 0.235 e. The van der Waals surface area contributed by atoms with Crippen LogP contribution in [0.4, 0.5) is 0 Å². The van der Waals surface area contributed by atoms with Crippen LogP contribution in [-0.2, 0) is 14.3 Å². The SMILES string of the molecule is CCOC(OCC)C(C)N=C=O. The van der Waals surface area contributed by atoms with Crippen LogP contribution in [-0.4, -0.2) is 31.6 Å². The number of isocyanates is 1. The fraction of sp³-hybridized carbons (Fsp3) is 0.875. The number of aliphatic imine (C=N–C) groups is 1. The van der Waals surface area contributed by atoms with Crippen molar-refractivity contribution < 1.29 is 14.3 Å². The smallest absolute Gasteiger partial charge is 0.235 e. The van der Waals surface area contributed by atoms with Gasteiger partial charge in [-0.3, -0.25) is 0 Å². The average molecular weight is 173 g/mol. The van der Waals surface area contributed by atoms with Crippen LogP contribution in [0.25, 0.3) is 0 Å². The Bertz CT molecular complexity index is 148. The number of hydrogen-bond acceptors (Lipinski definition) is 4. The van der Waals surface area contributed by atoms with E-state index in [1.165, 1.54) is 6.08 Å². The lowest BCUT2D eigenvalue weighted by atomic mass is 10.3. The molecule has 0 amide bonds. The van der Waals surface area contributed by atoms with E-state index in [0.717, 1.165) is 0 Å². The standard InChI is InChI=1S/C8H15NO3/c1-4-11-8(12-5-2)7(3)9-6-10/h7-8H,4-5H2,1-3H3. The summed E-state index contributed by atoms with van der Waals surface area (Å²) in [7, 11) is 0. The Labute approximate surface area is 72.6 Å². The van der Waals surface area contributed by atoms with Gasteiger partial charge in [-0.05, 0) is 20.8 Å². The van der Waals surface area contributed by atoms with Crippen molar-refractivity contribution in [2.75, 3.05) is 13.2 Å². The second-order valence-corrected chi connectivity index (χ2v) is 2.24. The van der Waals surface area contributed by atoms with E-state index in [-0.39, 0.29) is 6.04 Å². The number of nitrogens with zero attached hydrogens (tertiary/aromatic N) is 1. The summed E-state index contributed by atoms with van der Waals surface area (Å²) >= 11 is 0. The van der Waals surface area contributed by atoms with Gasteiger partial charge in [-0.25, -0.2) is 4.79 Å². The summed E-state index contributed by atoms with van der Waals surface area (Å²) in [5.41, 5.74) is 0. The van der Waals surface area contributed by atoms with E-state index in [1.807, 2.05) is 13.8 Å². The zero-order valence-electron chi connectivity index (χ0n) is 7.74. The molecule has 0 saturated carbocycles. The van der Waals surface area contributed by atoms with Gasteiger partial charge in [0, 0.05) is 13.2 Å². The lowest BCUT2D eigenvalue weighted by Crippen LogP contribution is -2.28. The van der Waals surface area contributed by atoms with E-state index in [0.29, 0.717) is 13.2 Å². The van der Waals surface area contributed by atoms with E-state index < -0.39 is 6.29 Å². The molecule has 4 nitrogen and oxygen atoms in total. The summed E-state index contributed by atoms with van der Waals surface area (Å²) in [6.07, 6.45) is 1.05. The van der Waals surface area contributed by atoms with Gasteiger partial charge in [-0.2, -0.15) is 4.99 Å². The molecule has 0 spiro atoms. The molecule has 70 valence electrons. The molecule has 0 rings (SSSR count). The van der Waals surface area contributed by atoms with Gasteiger partial charge >= 0.3 is 0 Å². The fourth-order valence-electron chi connectivity index (χ4n) is 0.799. The number of rotatable bonds is 6. The molecule has 12 heavy (non-hydrogen) atoms. The van der Waals surface area contributed by atoms with Gasteiger partial charge in [0.25, 0.3) is 0 Å². The first-order chi connectivity index (χ1) is 5.76. The third kappa shape index (κ3) is 4.23. The predicted octanol–water partition coefficient (Wildman–Crippen LogP) is 1.11. The molecule has 1 unspecified atom stereocenters. The van der Waals surface area contributed by atoms with Gasteiger partial charge in [0.15, 0.2) is 6.29 Å². The molecule has 0 fully saturated rings. The van der Waals surface area contributed by atoms with Crippen LogP contribution in [0.3, 0.4) is 0 Å². The van der Waals surface area contributed by atoms with Crippen molar-refractivity contribution in [3.8, 4) is 0 Å². The largest absolute Gasteiger partial charge is 0.351 e. The summed E-state index contributed by atoms with van der Waals surface area (Å²) in [5.74, 6) is 0. The lowest BCUT2D eigenvalue weighted by molar-refractivity contribution is -0.144. The molecular formula is C8H15NO3. The third-order valence-corrected chi connectivity index (χ3v) is 1.31. The Kier molecular flexibility index (Phi) is 6.57. The fourth-order valence-corrected chi connectivity index (χ4v) is 0.799. The Morgan fingerprint density at radius 3 is 2.17 bits per heavy atom. The lowest BCUT2D eigenvalue weighted by Gasteiger charge is -2.19. The highest BCUT2D eigenvalue weighted by atomic mass is 16.7. The molecule has 0 aromatic carbocycles. The molecule has 0 aliphatic rings. The highest BCUT2D eigenvalue weighted by Crippen LogP contribution is 2.04. The molecule has 0 aromatic heterocycles. The summed E-state index contributed by atoms with van der Waals surface area (Å²) < 4.78 is 10.4. The molecule has 1 atom stereocenters. The normalized spacial score (nSPS) is 12.7. The average Bonchev–Trinajstić information content (AvgIpc) is 2.04. The Balaban J connectivity index is 3.97. The van der Waals surface area contributed by atoms with Crippen molar-refractivity contribution in [3.63, 3.8) is 0 Å². The molecular weight excluding hydrogens is 158 g/mol. The molecule has 4 heteroatoms. The van der Waals surface area contributed by atoms with Gasteiger partial charge in [0.2, 0.25) is 6.08 Å². The third-order valence-electron chi connectivity index (χ3n) is 1.31. The predicted molar refractivity (Wildman–Crippen MR) is 44.6 cm³/mol. The minimum absolute atomic E-state index is 0.289. The van der Waals surface area contributed by atoms with Crippen LogP contribution >= 0.6 is 0 Å². The Morgan fingerprint density at radius 2 is 1.83 bits per heavy atom. The Hall–Kier alpha value is -0.700.